The molecule has 2 saturated heterocycles. The summed E-state index contributed by atoms with van der Waals surface area (Å²) in [7, 11) is 3.55. The number of likely N-dealkylation sites (N-methyl/N-ethyl adjacent to an activating group) is 1. The van der Waals surface area contributed by atoms with E-state index in [0.29, 0.717) is 24.5 Å². The van der Waals surface area contributed by atoms with Crippen molar-refractivity contribution in [2.45, 2.75) is 31.3 Å². The predicted molar refractivity (Wildman–Crippen MR) is 95.5 cm³/mol. The van der Waals surface area contributed by atoms with Gasteiger partial charge in [-0.1, -0.05) is 11.6 Å². The molecule has 1 atom stereocenters. The lowest BCUT2D eigenvalue weighted by atomic mass is 9.86. The fourth-order valence-electron chi connectivity index (χ4n) is 3.97. The summed E-state index contributed by atoms with van der Waals surface area (Å²) in [4.78, 5) is 16.4. The van der Waals surface area contributed by atoms with Crippen molar-refractivity contribution in [2.75, 3.05) is 40.3 Å². The lowest BCUT2D eigenvalue weighted by Gasteiger charge is -2.49. The van der Waals surface area contributed by atoms with E-state index in [1.807, 2.05) is 0 Å². The number of nitrogens with zero attached hydrogens (tertiary/aromatic N) is 2. The van der Waals surface area contributed by atoms with Gasteiger partial charge in [0.15, 0.2) is 11.6 Å². The van der Waals surface area contributed by atoms with E-state index in [4.69, 9.17) is 16.3 Å². The van der Waals surface area contributed by atoms with Crippen LogP contribution in [0.2, 0.25) is 5.02 Å². The Kier molecular flexibility index (Phi) is 5.51. The average Bonchev–Trinajstić information content (AvgIpc) is 2.74. The lowest BCUT2D eigenvalue weighted by molar-refractivity contribution is -0.121. The van der Waals surface area contributed by atoms with Gasteiger partial charge >= 0.3 is 0 Å². The largest absolute Gasteiger partial charge is 0.492 e. The van der Waals surface area contributed by atoms with Crippen LogP contribution in [0.1, 0.15) is 24.8 Å². The van der Waals surface area contributed by atoms with E-state index < -0.39 is 5.82 Å². The van der Waals surface area contributed by atoms with Crippen LogP contribution in [0.5, 0.6) is 5.75 Å². The summed E-state index contributed by atoms with van der Waals surface area (Å²) >= 11 is 6.12. The molecule has 0 saturated carbocycles. The number of hydrogen-bond donors (Lipinski definition) is 1. The molecule has 1 aromatic carbocycles. The number of carbonyl (C=O) groups is 1. The summed E-state index contributed by atoms with van der Waals surface area (Å²) in [5.41, 5.74) is 0.831. The average molecular weight is 370 g/mol. The highest BCUT2D eigenvalue weighted by molar-refractivity contribution is 6.32. The van der Waals surface area contributed by atoms with Crippen LogP contribution in [0, 0.1) is 5.82 Å². The van der Waals surface area contributed by atoms with E-state index >= 15 is 0 Å². The molecule has 2 aliphatic heterocycles. The van der Waals surface area contributed by atoms with Crippen LogP contribution in [-0.4, -0.2) is 61.6 Å². The van der Waals surface area contributed by atoms with Crippen LogP contribution in [0.3, 0.4) is 0 Å². The van der Waals surface area contributed by atoms with Crippen LogP contribution in [0.25, 0.3) is 0 Å². The monoisotopic (exact) mass is 369 g/mol. The minimum atomic E-state index is -0.432. The van der Waals surface area contributed by atoms with Gasteiger partial charge in [-0.2, -0.15) is 0 Å². The molecule has 0 bridgehead atoms. The Balaban J connectivity index is 1.74. The number of ether oxygens (including phenoxy) is 1. The number of benzene rings is 1. The molecule has 0 aliphatic carbocycles. The van der Waals surface area contributed by atoms with E-state index in [1.54, 1.807) is 6.07 Å². The van der Waals surface area contributed by atoms with Gasteiger partial charge in [-0.3, -0.25) is 14.6 Å². The Hall–Kier alpha value is -1.37. The standard InChI is InChI=1S/C18H25ClFN3O2/c1-22-7-8-23(12-18(22)4-3-16(24)21-6-5-18)11-13-9-14(19)17(25-2)15(20)10-13/h9-10H,3-8,11-12H2,1-2H3,(H,21,24)/t18-/m0/s1. The second kappa shape index (κ2) is 7.48. The highest BCUT2D eigenvalue weighted by Crippen LogP contribution is 2.33. The second-order valence-corrected chi connectivity index (χ2v) is 7.46. The van der Waals surface area contributed by atoms with Crippen molar-refractivity contribution in [3.8, 4) is 5.75 Å². The molecule has 0 aromatic heterocycles. The maximum absolute atomic E-state index is 14.1. The molecule has 7 heteroatoms. The van der Waals surface area contributed by atoms with Crippen molar-refractivity contribution in [3.63, 3.8) is 0 Å². The molecule has 1 spiro atoms. The summed E-state index contributed by atoms with van der Waals surface area (Å²) in [6.07, 6.45) is 2.34. The minimum Gasteiger partial charge on any atom is -0.492 e. The Morgan fingerprint density at radius 3 is 2.88 bits per heavy atom. The van der Waals surface area contributed by atoms with E-state index in [0.717, 1.165) is 38.0 Å². The number of piperazine rings is 1. The highest BCUT2D eigenvalue weighted by atomic mass is 35.5. The van der Waals surface area contributed by atoms with Gasteiger partial charge in [0.05, 0.1) is 12.1 Å². The first-order valence-electron chi connectivity index (χ1n) is 8.66. The molecule has 0 radical (unpaired) electrons. The molecule has 5 nitrogen and oxygen atoms in total. The molecule has 1 amide bonds. The topological polar surface area (TPSA) is 44.8 Å². The number of carbonyl (C=O) groups excluding carboxylic acids is 1. The summed E-state index contributed by atoms with van der Waals surface area (Å²) < 4.78 is 19.1. The Bertz CT molecular complexity index is 634. The SMILES string of the molecule is COc1c(F)cc(CN2CCN(C)[C@@]3(CCNC(=O)CC3)C2)cc1Cl. The Morgan fingerprint density at radius 1 is 1.36 bits per heavy atom. The van der Waals surface area contributed by atoms with Crippen molar-refractivity contribution >= 4 is 17.5 Å². The smallest absolute Gasteiger partial charge is 0.220 e. The van der Waals surface area contributed by atoms with Crippen LogP contribution >= 0.6 is 11.6 Å². The molecule has 138 valence electrons. The third kappa shape index (κ3) is 3.91. The fourth-order valence-corrected chi connectivity index (χ4v) is 4.28. The zero-order chi connectivity index (χ0) is 18.0. The molecule has 0 unspecified atom stereocenters. The third-order valence-corrected chi connectivity index (χ3v) is 5.76. The lowest BCUT2D eigenvalue weighted by Crippen LogP contribution is -2.60. The van der Waals surface area contributed by atoms with Crippen molar-refractivity contribution in [3.05, 3.63) is 28.5 Å². The number of halogens is 2. The quantitative estimate of drug-likeness (QED) is 0.887. The number of amides is 1. The highest BCUT2D eigenvalue weighted by Gasteiger charge is 2.40. The van der Waals surface area contributed by atoms with Crippen molar-refractivity contribution in [2.24, 2.45) is 0 Å². The summed E-state index contributed by atoms with van der Waals surface area (Å²) in [5.74, 6) is -0.210. The number of hydrogen-bond acceptors (Lipinski definition) is 4. The van der Waals surface area contributed by atoms with Crippen LogP contribution in [0.15, 0.2) is 12.1 Å². The zero-order valence-corrected chi connectivity index (χ0v) is 15.5. The first-order chi connectivity index (χ1) is 11.9. The van der Waals surface area contributed by atoms with Crippen molar-refractivity contribution < 1.29 is 13.9 Å². The van der Waals surface area contributed by atoms with Crippen LogP contribution in [-0.2, 0) is 11.3 Å². The Labute approximate surface area is 153 Å². The van der Waals surface area contributed by atoms with E-state index in [-0.39, 0.29) is 17.2 Å². The number of nitrogens with one attached hydrogen (secondary N) is 1. The molecule has 2 aliphatic rings. The van der Waals surface area contributed by atoms with Gasteiger partial charge in [0.25, 0.3) is 0 Å². The van der Waals surface area contributed by atoms with Crippen molar-refractivity contribution in [1.82, 2.24) is 15.1 Å². The van der Waals surface area contributed by atoms with Gasteiger partial charge in [0.2, 0.25) is 5.91 Å². The predicted octanol–water partition coefficient (Wildman–Crippen LogP) is 2.27. The number of methoxy groups -OCH3 is 1. The first-order valence-corrected chi connectivity index (χ1v) is 9.03. The first kappa shape index (κ1) is 18.4. The maximum atomic E-state index is 14.1. The molecular weight excluding hydrogens is 345 g/mol. The molecule has 3 rings (SSSR count). The molecular formula is C18H25ClFN3O2. The molecule has 1 N–H and O–H groups in total. The Morgan fingerprint density at radius 2 is 2.16 bits per heavy atom. The third-order valence-electron chi connectivity index (χ3n) is 5.48. The van der Waals surface area contributed by atoms with Crippen LogP contribution in [0.4, 0.5) is 4.39 Å². The van der Waals surface area contributed by atoms with Gasteiger partial charge in [-0.15, -0.1) is 0 Å². The maximum Gasteiger partial charge on any atom is 0.220 e. The van der Waals surface area contributed by atoms with Crippen molar-refractivity contribution in [1.29, 1.82) is 0 Å². The van der Waals surface area contributed by atoms with E-state index in [1.165, 1.54) is 13.2 Å². The number of rotatable bonds is 3. The summed E-state index contributed by atoms with van der Waals surface area (Å²) in [5, 5.41) is 3.26. The summed E-state index contributed by atoms with van der Waals surface area (Å²) in [6, 6.07) is 3.26. The van der Waals surface area contributed by atoms with E-state index in [9.17, 15) is 9.18 Å². The van der Waals surface area contributed by atoms with Gasteiger partial charge < -0.3 is 10.1 Å². The van der Waals surface area contributed by atoms with Crippen LogP contribution < -0.4 is 10.1 Å². The molecule has 2 heterocycles. The molecule has 25 heavy (non-hydrogen) atoms. The van der Waals surface area contributed by atoms with Gasteiger partial charge in [-0.25, -0.2) is 4.39 Å². The van der Waals surface area contributed by atoms with E-state index in [2.05, 4.69) is 22.2 Å². The van der Waals surface area contributed by atoms with Gasteiger partial charge in [0, 0.05) is 44.7 Å². The fraction of sp³-hybridized carbons (Fsp3) is 0.611. The zero-order valence-electron chi connectivity index (χ0n) is 14.8. The second-order valence-electron chi connectivity index (χ2n) is 7.05. The normalized spacial score (nSPS) is 25.7. The molecule has 1 aromatic rings. The van der Waals surface area contributed by atoms with Gasteiger partial charge in [-0.05, 0) is 37.6 Å². The van der Waals surface area contributed by atoms with Gasteiger partial charge in [0.1, 0.15) is 0 Å². The minimum absolute atomic E-state index is 0.00772. The molecule has 2 fully saturated rings. The summed E-state index contributed by atoms with van der Waals surface area (Å²) in [6.45, 7) is 4.05.